The molecule has 2 N–H and O–H groups in total. The normalized spacial score (nSPS) is 3.25. The van der Waals surface area contributed by atoms with Gasteiger partial charge in [-0.25, -0.2) is 0 Å². The van der Waals surface area contributed by atoms with E-state index in [4.69, 9.17) is 14.4 Å². The van der Waals surface area contributed by atoms with Crippen molar-refractivity contribution in [1.29, 1.82) is 0 Å². The first kappa shape index (κ1) is 29.3. The maximum atomic E-state index is 8.70. The van der Waals surface area contributed by atoms with Crippen LogP contribution in [0, 0.1) is 0 Å². The summed E-state index contributed by atoms with van der Waals surface area (Å²) in [6.45, 7) is 0. The van der Waals surface area contributed by atoms with Gasteiger partial charge in [0.25, 0.3) is 0 Å². The molecule has 0 rings (SSSR count). The van der Waals surface area contributed by atoms with E-state index in [1.54, 1.807) is 0 Å². The molecule has 0 bridgehead atoms. The fourth-order valence-corrected chi connectivity index (χ4v) is 0. The zero-order valence-electron chi connectivity index (χ0n) is 5.75. The van der Waals surface area contributed by atoms with Gasteiger partial charge in [0, 0.05) is 210 Å². The molecule has 0 amide bonds. The minimum atomic E-state index is -2.87. The van der Waals surface area contributed by atoms with E-state index in [9.17, 15) is 0 Å². The van der Waals surface area contributed by atoms with E-state index in [-0.39, 0.29) is 206 Å². The molecule has 0 saturated heterocycles. The Labute approximate surface area is 220 Å². The largest absolute Gasteiger partial charge is 0.692 e. The number of hydrogen-bond donors (Lipinski definition) is 2. The van der Waals surface area contributed by atoms with Crippen LogP contribution in [0.5, 0.6) is 0 Å². The SMILES string of the molecule is O=[P+](O)O.[K].[K].[K].[K]. The van der Waals surface area contributed by atoms with Crippen LogP contribution in [-0.4, -0.2) is 215 Å². The first-order chi connectivity index (χ1) is 1.73. The molecular formula is H2K4O3P+. The molecule has 0 aliphatic heterocycles. The molecule has 28 valence electrons. The summed E-state index contributed by atoms with van der Waals surface area (Å²) in [6.07, 6.45) is 0. The van der Waals surface area contributed by atoms with Gasteiger partial charge < -0.3 is 0 Å². The quantitative estimate of drug-likeness (QED) is 0.382. The van der Waals surface area contributed by atoms with Gasteiger partial charge in [-0.05, 0) is 0 Å². The van der Waals surface area contributed by atoms with Gasteiger partial charge in [0.1, 0.15) is 0 Å². The summed E-state index contributed by atoms with van der Waals surface area (Å²) >= 11 is 0. The molecule has 4 radical (unpaired) electrons. The molecule has 0 aromatic carbocycles. The average Bonchev–Trinajstić information content (AvgIpc) is 0.811. The first-order valence-corrected chi connectivity index (χ1v) is 1.75. The van der Waals surface area contributed by atoms with E-state index in [2.05, 4.69) is 0 Å². The van der Waals surface area contributed by atoms with Crippen LogP contribution in [-0.2, 0) is 4.57 Å². The molecule has 0 aromatic heterocycles. The predicted octanol–water partition coefficient (Wildman–Crippen LogP) is -1.89. The Morgan fingerprint density at radius 1 is 0.875 bits per heavy atom. The Hall–Kier alpha value is 6.57. The van der Waals surface area contributed by atoms with Crippen molar-refractivity contribution >= 4 is 214 Å². The topological polar surface area (TPSA) is 57.5 Å². The van der Waals surface area contributed by atoms with Gasteiger partial charge >= 0.3 is 8.25 Å². The summed E-state index contributed by atoms with van der Waals surface area (Å²) in [5, 5.41) is 0. The molecular weight excluding hydrogens is 235 g/mol. The Bertz CT molecular complexity index is 34.3. The molecule has 3 nitrogen and oxygen atoms in total. The number of hydrogen-bond acceptors (Lipinski definition) is 1. The Balaban J connectivity index is -0.00000000750. The zero-order chi connectivity index (χ0) is 3.58. The van der Waals surface area contributed by atoms with Crippen molar-refractivity contribution in [1.82, 2.24) is 0 Å². The van der Waals surface area contributed by atoms with Gasteiger partial charge in [-0.2, -0.15) is 0 Å². The van der Waals surface area contributed by atoms with Gasteiger partial charge in [0.15, 0.2) is 0 Å². The molecule has 0 aliphatic carbocycles. The molecule has 0 atom stereocenters. The Morgan fingerprint density at radius 3 is 0.875 bits per heavy atom. The predicted molar refractivity (Wildman–Crippen MR) is 35.1 cm³/mol. The van der Waals surface area contributed by atoms with E-state index in [0.717, 1.165) is 0 Å². The monoisotopic (exact) mass is 237 g/mol. The van der Waals surface area contributed by atoms with E-state index >= 15 is 0 Å². The second-order valence-electron chi connectivity index (χ2n) is 0.253. The minimum absolute atomic E-state index is 0. The molecule has 8 heavy (non-hydrogen) atoms. The van der Waals surface area contributed by atoms with Gasteiger partial charge in [-0.15, -0.1) is 9.79 Å². The molecule has 0 fully saturated rings. The van der Waals surface area contributed by atoms with Gasteiger partial charge in [0.2, 0.25) is 0 Å². The summed E-state index contributed by atoms with van der Waals surface area (Å²) in [5.41, 5.74) is 0. The summed E-state index contributed by atoms with van der Waals surface area (Å²) in [4.78, 5) is 14.2. The van der Waals surface area contributed by atoms with Crippen LogP contribution < -0.4 is 0 Å². The van der Waals surface area contributed by atoms with E-state index in [1.807, 2.05) is 0 Å². The summed E-state index contributed by atoms with van der Waals surface area (Å²) in [6, 6.07) is 0. The Morgan fingerprint density at radius 2 is 0.875 bits per heavy atom. The van der Waals surface area contributed by atoms with Gasteiger partial charge in [0.05, 0.1) is 0 Å². The fraction of sp³-hybridized carbons (Fsp3) is 0. The fourth-order valence-electron chi connectivity index (χ4n) is 0. The third kappa shape index (κ3) is 39.0. The standard InChI is InChI=1S/4K.HO3P/c;;;;1-4(2)3/h;;;;(H-,1,2,3)/p+1. The van der Waals surface area contributed by atoms with Crippen molar-refractivity contribution in [3.8, 4) is 0 Å². The second-order valence-corrected chi connectivity index (χ2v) is 0.758. The summed E-state index contributed by atoms with van der Waals surface area (Å²) in [7, 11) is -2.87. The van der Waals surface area contributed by atoms with Crippen LogP contribution >= 0.6 is 8.25 Å². The molecule has 0 aliphatic rings. The van der Waals surface area contributed by atoms with Crippen LogP contribution in [0.25, 0.3) is 0 Å². The van der Waals surface area contributed by atoms with Crippen LogP contribution in [0.3, 0.4) is 0 Å². The molecule has 8 heteroatoms. The maximum Gasteiger partial charge on any atom is 0.692 e. The van der Waals surface area contributed by atoms with Crippen LogP contribution in [0.2, 0.25) is 0 Å². The average molecular weight is 237 g/mol. The van der Waals surface area contributed by atoms with Crippen LogP contribution in [0.4, 0.5) is 0 Å². The van der Waals surface area contributed by atoms with Gasteiger partial charge in [-0.1, -0.05) is 0 Å². The van der Waals surface area contributed by atoms with Gasteiger partial charge in [-0.3, -0.25) is 0 Å². The second kappa shape index (κ2) is 23.4. The van der Waals surface area contributed by atoms with Crippen LogP contribution in [0.15, 0.2) is 0 Å². The van der Waals surface area contributed by atoms with E-state index in [0.29, 0.717) is 0 Å². The van der Waals surface area contributed by atoms with Crippen molar-refractivity contribution in [2.45, 2.75) is 0 Å². The molecule has 0 heterocycles. The van der Waals surface area contributed by atoms with Crippen molar-refractivity contribution in [3.63, 3.8) is 0 Å². The minimum Gasteiger partial charge on any atom is -0.134 e. The van der Waals surface area contributed by atoms with Crippen LogP contribution in [0.1, 0.15) is 0 Å². The molecule has 0 unspecified atom stereocenters. The first-order valence-electron chi connectivity index (χ1n) is 0.583. The summed E-state index contributed by atoms with van der Waals surface area (Å²) in [5.74, 6) is 0. The molecule has 0 aromatic rings. The van der Waals surface area contributed by atoms with E-state index < -0.39 is 8.25 Å². The maximum absolute atomic E-state index is 8.70. The third-order valence-electron chi connectivity index (χ3n) is 0. The zero-order valence-corrected chi connectivity index (χ0v) is 19.1. The van der Waals surface area contributed by atoms with Crippen molar-refractivity contribution in [2.75, 3.05) is 0 Å². The third-order valence-corrected chi connectivity index (χ3v) is 0. The Kier molecular flexibility index (Phi) is 85.7. The summed E-state index contributed by atoms with van der Waals surface area (Å²) < 4.78 is 8.70. The number of rotatable bonds is 0. The smallest absolute Gasteiger partial charge is 0.134 e. The van der Waals surface area contributed by atoms with E-state index in [1.165, 1.54) is 0 Å². The van der Waals surface area contributed by atoms with Crippen molar-refractivity contribution < 1.29 is 14.4 Å². The molecule has 0 spiro atoms. The van der Waals surface area contributed by atoms with Crippen molar-refractivity contribution in [2.24, 2.45) is 0 Å². The molecule has 0 saturated carbocycles. The van der Waals surface area contributed by atoms with Crippen molar-refractivity contribution in [3.05, 3.63) is 0 Å².